The number of aromatic nitrogens is 2. The van der Waals surface area contributed by atoms with Gasteiger partial charge in [0.15, 0.2) is 5.03 Å². The highest BCUT2D eigenvalue weighted by molar-refractivity contribution is 7.89. The highest BCUT2D eigenvalue weighted by Crippen LogP contribution is 2.15. The predicted octanol–water partition coefficient (Wildman–Crippen LogP) is 0.961. The molecular formula is C12H24N4O2S. The Kier molecular flexibility index (Phi) is 5.96. The van der Waals surface area contributed by atoms with Crippen LogP contribution in [0.25, 0.3) is 0 Å². The maximum absolute atomic E-state index is 12.4. The fraction of sp³-hybridized carbons (Fsp3) is 0.750. The van der Waals surface area contributed by atoms with E-state index in [4.69, 9.17) is 5.73 Å². The second-order valence-electron chi connectivity index (χ2n) is 4.46. The summed E-state index contributed by atoms with van der Waals surface area (Å²) in [5.74, 6) is 0.732. The van der Waals surface area contributed by atoms with Crippen LogP contribution >= 0.6 is 0 Å². The zero-order chi connectivity index (χ0) is 14.5. The van der Waals surface area contributed by atoms with Crippen LogP contribution in [0.5, 0.6) is 0 Å². The lowest BCUT2D eigenvalue weighted by atomic mass is 10.4. The third-order valence-electron chi connectivity index (χ3n) is 2.99. The van der Waals surface area contributed by atoms with Crippen molar-refractivity contribution in [3.8, 4) is 0 Å². The summed E-state index contributed by atoms with van der Waals surface area (Å²) in [6.07, 6.45) is 3.22. The molecule has 0 saturated carbocycles. The fourth-order valence-electron chi connectivity index (χ4n) is 1.92. The van der Waals surface area contributed by atoms with Crippen molar-refractivity contribution in [2.24, 2.45) is 5.73 Å². The van der Waals surface area contributed by atoms with Crippen LogP contribution in [0.2, 0.25) is 0 Å². The van der Waals surface area contributed by atoms with Crippen molar-refractivity contribution in [1.82, 2.24) is 13.9 Å². The average Bonchev–Trinajstić information content (AvgIpc) is 2.73. The summed E-state index contributed by atoms with van der Waals surface area (Å²) in [6.45, 7) is 7.83. The van der Waals surface area contributed by atoms with Gasteiger partial charge in [-0.05, 0) is 26.3 Å². The van der Waals surface area contributed by atoms with Crippen LogP contribution in [-0.2, 0) is 16.6 Å². The quantitative estimate of drug-likeness (QED) is 0.772. The summed E-state index contributed by atoms with van der Waals surface area (Å²) >= 11 is 0. The van der Waals surface area contributed by atoms with E-state index in [-0.39, 0.29) is 5.03 Å². The molecule has 110 valence electrons. The monoisotopic (exact) mass is 288 g/mol. The first-order chi connectivity index (χ1) is 8.97. The van der Waals surface area contributed by atoms with Gasteiger partial charge in [0.05, 0.1) is 0 Å². The van der Waals surface area contributed by atoms with Crippen molar-refractivity contribution in [1.29, 1.82) is 0 Å². The van der Waals surface area contributed by atoms with Gasteiger partial charge in [-0.1, -0.05) is 13.8 Å². The first-order valence-electron chi connectivity index (χ1n) is 6.71. The van der Waals surface area contributed by atoms with Crippen LogP contribution in [0.3, 0.4) is 0 Å². The molecule has 0 aliphatic carbocycles. The van der Waals surface area contributed by atoms with Gasteiger partial charge in [0, 0.05) is 25.8 Å². The van der Waals surface area contributed by atoms with Crippen LogP contribution in [-0.4, -0.2) is 41.9 Å². The van der Waals surface area contributed by atoms with Crippen molar-refractivity contribution in [3.05, 3.63) is 12.0 Å². The van der Waals surface area contributed by atoms with Crippen molar-refractivity contribution >= 4 is 10.0 Å². The molecule has 0 aliphatic heterocycles. The summed E-state index contributed by atoms with van der Waals surface area (Å²) < 4.78 is 28.2. The van der Waals surface area contributed by atoms with Crippen LogP contribution in [0.15, 0.2) is 11.2 Å². The van der Waals surface area contributed by atoms with E-state index in [0.29, 0.717) is 26.1 Å². The second-order valence-corrected chi connectivity index (χ2v) is 6.34. The number of sulfonamides is 1. The Morgan fingerprint density at radius 2 is 2.11 bits per heavy atom. The van der Waals surface area contributed by atoms with Gasteiger partial charge in [-0.25, -0.2) is 13.4 Å². The van der Waals surface area contributed by atoms with E-state index in [1.165, 1.54) is 4.31 Å². The van der Waals surface area contributed by atoms with E-state index in [2.05, 4.69) is 4.98 Å². The smallest absolute Gasteiger partial charge is 0.262 e. The number of hydrogen-bond donors (Lipinski definition) is 1. The van der Waals surface area contributed by atoms with Gasteiger partial charge in [-0.3, -0.25) is 0 Å². The van der Waals surface area contributed by atoms with Crippen molar-refractivity contribution in [2.45, 2.75) is 45.2 Å². The summed E-state index contributed by atoms with van der Waals surface area (Å²) in [5.41, 5.74) is 5.44. The molecule has 1 rings (SSSR count). The Labute approximate surface area is 115 Å². The van der Waals surface area contributed by atoms with E-state index < -0.39 is 10.0 Å². The van der Waals surface area contributed by atoms with Crippen LogP contribution < -0.4 is 5.73 Å². The minimum absolute atomic E-state index is 0.136. The lowest BCUT2D eigenvalue weighted by Crippen LogP contribution is -2.33. The number of aryl methyl sites for hydroxylation is 2. The standard InChI is InChI=1S/C12H24N4O2S/c1-4-8-15-10-12(14-11(15)3)19(17,18)16(5-2)9-6-7-13/h10H,4-9,13H2,1-3H3. The first-order valence-corrected chi connectivity index (χ1v) is 8.15. The largest absolute Gasteiger partial charge is 0.334 e. The van der Waals surface area contributed by atoms with Gasteiger partial charge in [-0.15, -0.1) is 0 Å². The summed E-state index contributed by atoms with van der Waals surface area (Å²) in [5, 5.41) is 0.136. The van der Waals surface area contributed by atoms with Crippen molar-refractivity contribution < 1.29 is 8.42 Å². The molecule has 1 aromatic heterocycles. The number of rotatable bonds is 8. The third-order valence-corrected chi connectivity index (χ3v) is 4.83. The maximum Gasteiger partial charge on any atom is 0.262 e. The minimum Gasteiger partial charge on any atom is -0.334 e. The molecule has 0 atom stereocenters. The van der Waals surface area contributed by atoms with E-state index >= 15 is 0 Å². The van der Waals surface area contributed by atoms with E-state index in [1.807, 2.05) is 25.3 Å². The van der Waals surface area contributed by atoms with Gasteiger partial charge in [0.2, 0.25) is 0 Å². The molecule has 0 saturated heterocycles. The molecule has 0 spiro atoms. The Hall–Kier alpha value is -0.920. The molecule has 0 radical (unpaired) electrons. The van der Waals surface area contributed by atoms with E-state index in [0.717, 1.165) is 18.8 Å². The van der Waals surface area contributed by atoms with Crippen molar-refractivity contribution in [2.75, 3.05) is 19.6 Å². The zero-order valence-electron chi connectivity index (χ0n) is 12.0. The Morgan fingerprint density at radius 1 is 1.42 bits per heavy atom. The van der Waals surface area contributed by atoms with Gasteiger partial charge >= 0.3 is 0 Å². The normalized spacial score (nSPS) is 12.3. The van der Waals surface area contributed by atoms with Crippen LogP contribution in [0.1, 0.15) is 32.5 Å². The predicted molar refractivity (Wildman–Crippen MR) is 75.4 cm³/mol. The molecule has 0 bridgehead atoms. The summed E-state index contributed by atoms with van der Waals surface area (Å²) in [6, 6.07) is 0. The number of nitrogens with zero attached hydrogens (tertiary/aromatic N) is 3. The lowest BCUT2D eigenvalue weighted by molar-refractivity contribution is 0.421. The molecule has 0 aromatic carbocycles. The zero-order valence-corrected chi connectivity index (χ0v) is 12.8. The van der Waals surface area contributed by atoms with E-state index in [9.17, 15) is 8.42 Å². The molecule has 0 fully saturated rings. The third kappa shape index (κ3) is 3.77. The van der Waals surface area contributed by atoms with Gasteiger partial charge < -0.3 is 10.3 Å². The highest BCUT2D eigenvalue weighted by Gasteiger charge is 2.25. The Balaban J connectivity index is 3.01. The molecule has 2 N–H and O–H groups in total. The highest BCUT2D eigenvalue weighted by atomic mass is 32.2. The molecule has 19 heavy (non-hydrogen) atoms. The lowest BCUT2D eigenvalue weighted by Gasteiger charge is -2.18. The summed E-state index contributed by atoms with van der Waals surface area (Å²) in [7, 11) is -3.50. The second kappa shape index (κ2) is 7.02. The fourth-order valence-corrected chi connectivity index (χ4v) is 3.40. The SMILES string of the molecule is CCCn1cc(S(=O)(=O)N(CC)CCCN)nc1C. The molecule has 0 unspecified atom stereocenters. The first kappa shape index (κ1) is 16.1. The van der Waals surface area contributed by atoms with Crippen LogP contribution in [0.4, 0.5) is 0 Å². The average molecular weight is 288 g/mol. The molecule has 0 aliphatic rings. The molecule has 1 heterocycles. The number of hydrogen-bond acceptors (Lipinski definition) is 4. The number of imidazole rings is 1. The Bertz CT molecular complexity index is 496. The van der Waals surface area contributed by atoms with Crippen molar-refractivity contribution in [3.63, 3.8) is 0 Å². The van der Waals surface area contributed by atoms with E-state index in [1.54, 1.807) is 6.20 Å². The summed E-state index contributed by atoms with van der Waals surface area (Å²) in [4.78, 5) is 4.18. The van der Waals surface area contributed by atoms with Crippen LogP contribution in [0, 0.1) is 6.92 Å². The van der Waals surface area contributed by atoms with Gasteiger partial charge in [-0.2, -0.15) is 4.31 Å². The maximum atomic E-state index is 12.4. The van der Waals surface area contributed by atoms with Gasteiger partial charge in [0.25, 0.3) is 10.0 Å². The Morgan fingerprint density at radius 3 is 2.63 bits per heavy atom. The minimum atomic E-state index is -3.50. The molecule has 0 amide bonds. The number of nitrogens with two attached hydrogens (primary N) is 1. The molecule has 1 aromatic rings. The van der Waals surface area contributed by atoms with Gasteiger partial charge in [0.1, 0.15) is 5.82 Å². The molecule has 7 heteroatoms. The molecule has 6 nitrogen and oxygen atoms in total. The topological polar surface area (TPSA) is 81.2 Å². The molecular weight excluding hydrogens is 264 g/mol.